The van der Waals surface area contributed by atoms with Gasteiger partial charge >= 0.3 is 0 Å². The molecule has 0 aromatic heterocycles. The predicted octanol–water partition coefficient (Wildman–Crippen LogP) is 2.49. The highest BCUT2D eigenvalue weighted by molar-refractivity contribution is 5.29. The molecule has 0 aromatic rings. The van der Waals surface area contributed by atoms with Crippen molar-refractivity contribution in [3.63, 3.8) is 0 Å². The van der Waals surface area contributed by atoms with E-state index in [-0.39, 0.29) is 0 Å². The molecule has 0 aromatic carbocycles. The smallest absolute Gasteiger partial charge is 0.114 e. The first kappa shape index (κ1) is 10.7. The van der Waals surface area contributed by atoms with Crippen molar-refractivity contribution in [1.29, 1.82) is 0 Å². The molecule has 2 rings (SSSR count). The second kappa shape index (κ2) is 3.38. The van der Waals surface area contributed by atoms with E-state index in [4.69, 9.17) is 0 Å². The lowest BCUT2D eigenvalue weighted by Crippen LogP contribution is -2.47. The highest BCUT2D eigenvalue weighted by Gasteiger charge is 2.43. The van der Waals surface area contributed by atoms with Crippen LogP contribution in [0.25, 0.3) is 0 Å². The molecule has 0 amide bonds. The summed E-state index contributed by atoms with van der Waals surface area (Å²) in [4.78, 5) is 0. The lowest BCUT2D eigenvalue weighted by Gasteiger charge is -2.34. The van der Waals surface area contributed by atoms with Gasteiger partial charge < -0.3 is 9.59 Å². The van der Waals surface area contributed by atoms with E-state index in [0.29, 0.717) is 23.6 Å². The van der Waals surface area contributed by atoms with Crippen molar-refractivity contribution in [2.45, 2.75) is 26.8 Å². The van der Waals surface area contributed by atoms with Crippen LogP contribution in [0.2, 0.25) is 0 Å². The number of allylic oxidation sites excluding steroid dienone is 1. The average Bonchev–Trinajstić information content (AvgIpc) is 2.43. The summed E-state index contributed by atoms with van der Waals surface area (Å²) in [7, 11) is 2.33. The molecule has 84 valence electrons. The topological polar surface area (TPSA) is 20.2 Å². The molecule has 0 saturated carbocycles. The second-order valence-electron chi connectivity index (χ2n) is 5.67. The van der Waals surface area contributed by atoms with Crippen molar-refractivity contribution < 1.29 is 9.59 Å². The minimum atomic E-state index is 0.494. The first-order valence-electron chi connectivity index (χ1n) is 5.86. The van der Waals surface area contributed by atoms with Crippen LogP contribution in [-0.2, 0) is 0 Å². The van der Waals surface area contributed by atoms with Crippen LogP contribution < -0.4 is 0 Å². The quantitative estimate of drug-likeness (QED) is 0.656. The molecule has 3 atom stereocenters. The van der Waals surface area contributed by atoms with E-state index < -0.39 is 0 Å². The molecule has 2 aliphatic rings. The Morgan fingerprint density at radius 2 is 1.80 bits per heavy atom. The number of nitrogens with zero attached hydrogens (tertiary/aromatic N) is 1. The molecule has 0 spiro atoms. The van der Waals surface area contributed by atoms with E-state index in [1.54, 1.807) is 0 Å². The summed E-state index contributed by atoms with van der Waals surface area (Å²) < 4.78 is 1.13. The number of fused-ring (bicyclic) bond motifs is 1. The molecule has 3 unspecified atom stereocenters. The van der Waals surface area contributed by atoms with Crippen molar-refractivity contribution >= 4 is 0 Å². The molecule has 1 fully saturated rings. The first-order valence-corrected chi connectivity index (χ1v) is 5.86. The summed E-state index contributed by atoms with van der Waals surface area (Å²) in [5, 5.41) is 9.72. The summed E-state index contributed by atoms with van der Waals surface area (Å²) in [5.41, 5.74) is 1.05. The third-order valence-electron chi connectivity index (χ3n) is 4.29. The number of aliphatic hydroxyl groups is 1. The van der Waals surface area contributed by atoms with E-state index in [2.05, 4.69) is 33.0 Å². The minimum Gasteiger partial charge on any atom is -0.508 e. The SMILES string of the molecule is CC1=CC2C[N+](C)(C(C)C)CC2C=C1O. The van der Waals surface area contributed by atoms with Gasteiger partial charge in [-0.3, -0.25) is 0 Å². The fraction of sp³-hybridized carbons (Fsp3) is 0.692. The molecule has 2 nitrogen and oxygen atoms in total. The number of hydrogen-bond acceptors (Lipinski definition) is 1. The Labute approximate surface area is 92.5 Å². The van der Waals surface area contributed by atoms with E-state index in [1.165, 1.54) is 6.54 Å². The van der Waals surface area contributed by atoms with E-state index >= 15 is 0 Å². The number of aliphatic hydroxyl groups excluding tert-OH is 1. The molecule has 1 aliphatic carbocycles. The Balaban J connectivity index is 2.23. The lowest BCUT2D eigenvalue weighted by atomic mass is 9.88. The maximum Gasteiger partial charge on any atom is 0.114 e. The van der Waals surface area contributed by atoms with Gasteiger partial charge in [0.1, 0.15) is 5.76 Å². The van der Waals surface area contributed by atoms with Gasteiger partial charge in [-0.2, -0.15) is 0 Å². The molecule has 15 heavy (non-hydrogen) atoms. The lowest BCUT2D eigenvalue weighted by molar-refractivity contribution is -0.920. The van der Waals surface area contributed by atoms with Gasteiger partial charge in [-0.05, 0) is 32.4 Å². The number of likely N-dealkylation sites (tertiary alicyclic amines) is 1. The summed E-state index contributed by atoms with van der Waals surface area (Å²) >= 11 is 0. The molecule has 1 saturated heterocycles. The molecular weight excluding hydrogens is 186 g/mol. The van der Waals surface area contributed by atoms with Gasteiger partial charge in [-0.15, -0.1) is 0 Å². The predicted molar refractivity (Wildman–Crippen MR) is 62.5 cm³/mol. The third-order valence-corrected chi connectivity index (χ3v) is 4.29. The Morgan fingerprint density at radius 1 is 1.27 bits per heavy atom. The van der Waals surface area contributed by atoms with Crippen LogP contribution in [0.3, 0.4) is 0 Å². The molecule has 0 radical (unpaired) electrons. The van der Waals surface area contributed by atoms with Crippen LogP contribution in [-0.4, -0.2) is 35.8 Å². The second-order valence-corrected chi connectivity index (χ2v) is 5.67. The van der Waals surface area contributed by atoms with Crippen molar-refractivity contribution in [1.82, 2.24) is 0 Å². The van der Waals surface area contributed by atoms with Crippen molar-refractivity contribution in [3.05, 3.63) is 23.5 Å². The number of rotatable bonds is 1. The molecule has 1 aliphatic heterocycles. The molecular formula is C13H22NO+. The summed E-state index contributed by atoms with van der Waals surface area (Å²) in [6, 6.07) is 0.667. The van der Waals surface area contributed by atoms with Crippen LogP contribution in [0.4, 0.5) is 0 Å². The Morgan fingerprint density at radius 3 is 2.33 bits per heavy atom. The van der Waals surface area contributed by atoms with E-state index in [0.717, 1.165) is 16.6 Å². The normalized spacial score (nSPS) is 40.1. The Bertz CT molecular complexity index is 301. The fourth-order valence-electron chi connectivity index (χ4n) is 2.82. The van der Waals surface area contributed by atoms with E-state index in [1.807, 2.05) is 6.92 Å². The Hall–Kier alpha value is -0.760. The zero-order valence-corrected chi connectivity index (χ0v) is 10.2. The van der Waals surface area contributed by atoms with Gasteiger partial charge in [0, 0.05) is 11.8 Å². The fourth-order valence-corrected chi connectivity index (χ4v) is 2.82. The highest BCUT2D eigenvalue weighted by Crippen LogP contribution is 2.37. The van der Waals surface area contributed by atoms with Gasteiger partial charge in [0.25, 0.3) is 0 Å². The van der Waals surface area contributed by atoms with Gasteiger partial charge in [-0.25, -0.2) is 0 Å². The van der Waals surface area contributed by atoms with Gasteiger partial charge in [0.05, 0.1) is 26.2 Å². The standard InChI is InChI=1S/C13H21NO/c1-9(2)14(4)7-11-5-10(3)13(15)6-12(11)8-14/h5-6,9,11-12H,7-8H2,1-4H3/p+1. The van der Waals surface area contributed by atoms with Crippen LogP contribution in [0.1, 0.15) is 20.8 Å². The molecule has 2 heteroatoms. The van der Waals surface area contributed by atoms with Crippen LogP contribution in [0, 0.1) is 11.8 Å². The monoisotopic (exact) mass is 208 g/mol. The maximum atomic E-state index is 9.72. The van der Waals surface area contributed by atoms with Crippen LogP contribution in [0.5, 0.6) is 0 Å². The summed E-state index contributed by atoms with van der Waals surface area (Å²) in [6.07, 6.45) is 4.32. The van der Waals surface area contributed by atoms with Crippen molar-refractivity contribution in [2.24, 2.45) is 11.8 Å². The zero-order valence-electron chi connectivity index (χ0n) is 10.2. The van der Waals surface area contributed by atoms with Gasteiger partial charge in [0.2, 0.25) is 0 Å². The minimum absolute atomic E-state index is 0.494. The molecule has 0 bridgehead atoms. The van der Waals surface area contributed by atoms with Gasteiger partial charge in [0.15, 0.2) is 0 Å². The van der Waals surface area contributed by atoms with Crippen LogP contribution in [0.15, 0.2) is 23.5 Å². The summed E-state index contributed by atoms with van der Waals surface area (Å²) in [6.45, 7) is 8.95. The van der Waals surface area contributed by atoms with E-state index in [9.17, 15) is 5.11 Å². The molecule has 1 heterocycles. The maximum absolute atomic E-state index is 9.72. The van der Waals surface area contributed by atoms with Crippen molar-refractivity contribution in [2.75, 3.05) is 20.1 Å². The van der Waals surface area contributed by atoms with Crippen molar-refractivity contribution in [3.8, 4) is 0 Å². The zero-order chi connectivity index (χ0) is 11.2. The van der Waals surface area contributed by atoms with Crippen LogP contribution >= 0.6 is 0 Å². The summed E-state index contributed by atoms with van der Waals surface area (Å²) in [5.74, 6) is 1.67. The largest absolute Gasteiger partial charge is 0.508 e. The number of hydrogen-bond donors (Lipinski definition) is 1. The average molecular weight is 208 g/mol. The molecule has 1 N–H and O–H groups in total. The Kier molecular flexibility index (Phi) is 2.42. The third kappa shape index (κ3) is 1.71. The number of quaternary nitrogens is 1. The first-order chi connectivity index (χ1) is 6.92. The highest BCUT2D eigenvalue weighted by atomic mass is 16.3. The van der Waals surface area contributed by atoms with Gasteiger partial charge in [-0.1, -0.05) is 6.08 Å².